The van der Waals surface area contributed by atoms with E-state index >= 15 is 0 Å². The van der Waals surface area contributed by atoms with Crippen molar-refractivity contribution in [2.24, 2.45) is 29.6 Å². The smallest absolute Gasteiger partial charge is 0.330 e. The lowest BCUT2D eigenvalue weighted by atomic mass is 9.81. The average molecular weight is 449 g/mol. The third-order valence-corrected chi connectivity index (χ3v) is 7.52. The van der Waals surface area contributed by atoms with E-state index in [2.05, 4.69) is 5.32 Å². The molecular formula is C26H28N2O5. The van der Waals surface area contributed by atoms with Crippen LogP contribution in [0.4, 0.5) is 5.69 Å². The van der Waals surface area contributed by atoms with Gasteiger partial charge in [0.1, 0.15) is 6.04 Å². The molecule has 172 valence electrons. The molecule has 3 aliphatic rings. The number of carbonyl (C=O) groups is 4. The summed E-state index contributed by atoms with van der Waals surface area (Å²) in [5.74, 6) is -2.08. The second-order valence-electron chi connectivity index (χ2n) is 9.80. The molecule has 0 aromatic heterocycles. The van der Waals surface area contributed by atoms with Crippen LogP contribution in [0, 0.1) is 29.6 Å². The van der Waals surface area contributed by atoms with Crippen LogP contribution in [0.3, 0.4) is 0 Å². The Bertz CT molecular complexity index is 1110. The number of fused-ring (bicyclic) bond motifs is 6. The highest BCUT2D eigenvalue weighted by Gasteiger charge is 2.62. The molecule has 7 nitrogen and oxygen atoms in total. The third kappa shape index (κ3) is 3.59. The second kappa shape index (κ2) is 8.28. The van der Waals surface area contributed by atoms with Crippen LogP contribution in [-0.2, 0) is 23.9 Å². The van der Waals surface area contributed by atoms with Crippen molar-refractivity contribution in [1.82, 2.24) is 4.90 Å². The van der Waals surface area contributed by atoms with Crippen LogP contribution < -0.4 is 5.32 Å². The molecule has 1 saturated heterocycles. The standard InChI is InChI=1S/C26H28N2O5/c1-14(2)23(28-24(30)21-16-10-11-17(12-16)22(21)25(28)31)26(32)33-13-20(29)27-19-9-5-7-15-6-3-4-8-18(15)19/h3-9,14,16-17,21-23H,10-13H2,1-2H3,(H,27,29)/t16-,17-,21+,22+,23+/m0/s1. The van der Waals surface area contributed by atoms with E-state index in [1.807, 2.05) is 36.4 Å². The van der Waals surface area contributed by atoms with Gasteiger partial charge < -0.3 is 10.1 Å². The summed E-state index contributed by atoms with van der Waals surface area (Å²) in [7, 11) is 0. The largest absolute Gasteiger partial charge is 0.454 e. The first kappa shape index (κ1) is 21.6. The minimum Gasteiger partial charge on any atom is -0.454 e. The Labute approximate surface area is 192 Å². The molecule has 2 aliphatic carbocycles. The minimum atomic E-state index is -1.01. The maximum Gasteiger partial charge on any atom is 0.330 e. The van der Waals surface area contributed by atoms with E-state index in [0.29, 0.717) is 5.69 Å². The molecule has 2 bridgehead atoms. The van der Waals surface area contributed by atoms with Gasteiger partial charge in [-0.05, 0) is 48.5 Å². The molecule has 7 heteroatoms. The van der Waals surface area contributed by atoms with Crippen LogP contribution in [0.15, 0.2) is 42.5 Å². The zero-order valence-electron chi connectivity index (χ0n) is 18.8. The van der Waals surface area contributed by atoms with Crippen LogP contribution in [0.5, 0.6) is 0 Å². The first-order valence-corrected chi connectivity index (χ1v) is 11.7. The number of hydrogen-bond acceptors (Lipinski definition) is 5. The quantitative estimate of drug-likeness (QED) is 0.540. The molecule has 0 spiro atoms. The number of amides is 3. The molecule has 5 atom stereocenters. The monoisotopic (exact) mass is 448 g/mol. The van der Waals surface area contributed by atoms with Gasteiger partial charge in [0.2, 0.25) is 11.8 Å². The normalized spacial score (nSPS) is 26.7. The summed E-state index contributed by atoms with van der Waals surface area (Å²) in [6, 6.07) is 12.2. The molecule has 1 heterocycles. The van der Waals surface area contributed by atoms with Gasteiger partial charge in [-0.15, -0.1) is 0 Å². The topological polar surface area (TPSA) is 92.8 Å². The van der Waals surface area contributed by atoms with Gasteiger partial charge in [0, 0.05) is 11.1 Å². The van der Waals surface area contributed by atoms with Crippen LogP contribution in [0.1, 0.15) is 33.1 Å². The van der Waals surface area contributed by atoms with Gasteiger partial charge in [-0.25, -0.2) is 4.79 Å². The van der Waals surface area contributed by atoms with E-state index in [0.717, 1.165) is 34.9 Å². The zero-order valence-corrected chi connectivity index (χ0v) is 18.8. The van der Waals surface area contributed by atoms with Crippen molar-refractivity contribution in [2.45, 2.75) is 39.2 Å². The zero-order chi connectivity index (χ0) is 23.3. The minimum absolute atomic E-state index is 0.243. The Morgan fingerprint density at radius 3 is 2.30 bits per heavy atom. The summed E-state index contributed by atoms with van der Waals surface area (Å²) >= 11 is 0. The fourth-order valence-corrected chi connectivity index (χ4v) is 6.12. The Morgan fingerprint density at radius 1 is 1.00 bits per heavy atom. The highest BCUT2D eigenvalue weighted by molar-refractivity contribution is 6.09. The highest BCUT2D eigenvalue weighted by atomic mass is 16.5. The van der Waals surface area contributed by atoms with Crippen LogP contribution >= 0.6 is 0 Å². The van der Waals surface area contributed by atoms with Crippen molar-refractivity contribution < 1.29 is 23.9 Å². The molecule has 1 aliphatic heterocycles. The fraction of sp³-hybridized carbons (Fsp3) is 0.462. The number of benzene rings is 2. The van der Waals surface area contributed by atoms with Gasteiger partial charge in [-0.1, -0.05) is 50.2 Å². The molecule has 2 aromatic carbocycles. The van der Waals surface area contributed by atoms with Crippen molar-refractivity contribution in [2.75, 3.05) is 11.9 Å². The first-order chi connectivity index (χ1) is 15.9. The molecule has 2 aromatic rings. The van der Waals surface area contributed by atoms with E-state index in [9.17, 15) is 19.2 Å². The molecule has 33 heavy (non-hydrogen) atoms. The third-order valence-electron chi connectivity index (χ3n) is 7.52. The van der Waals surface area contributed by atoms with Gasteiger partial charge in [-0.3, -0.25) is 19.3 Å². The van der Waals surface area contributed by atoms with Gasteiger partial charge in [0.05, 0.1) is 11.8 Å². The van der Waals surface area contributed by atoms with Crippen molar-refractivity contribution in [3.05, 3.63) is 42.5 Å². The molecule has 1 N–H and O–H groups in total. The number of imide groups is 1. The molecule has 2 saturated carbocycles. The number of likely N-dealkylation sites (tertiary alicyclic amines) is 1. The lowest BCUT2D eigenvalue weighted by Crippen LogP contribution is -2.50. The second-order valence-corrected chi connectivity index (χ2v) is 9.80. The number of hydrogen-bond donors (Lipinski definition) is 1. The number of carbonyl (C=O) groups excluding carboxylic acids is 4. The predicted octanol–water partition coefficient (Wildman–Crippen LogP) is 3.38. The van der Waals surface area contributed by atoms with Crippen molar-refractivity contribution in [3.63, 3.8) is 0 Å². The van der Waals surface area contributed by atoms with E-state index in [4.69, 9.17) is 4.74 Å². The first-order valence-electron chi connectivity index (χ1n) is 11.7. The predicted molar refractivity (Wildman–Crippen MR) is 122 cm³/mol. The van der Waals surface area contributed by atoms with E-state index in [1.54, 1.807) is 19.9 Å². The molecule has 3 fully saturated rings. The summed E-state index contributed by atoms with van der Waals surface area (Å²) in [5, 5.41) is 4.65. The number of esters is 1. The Morgan fingerprint density at radius 2 is 1.64 bits per heavy atom. The van der Waals surface area contributed by atoms with E-state index in [1.165, 1.54) is 0 Å². The number of ether oxygens (including phenoxy) is 1. The van der Waals surface area contributed by atoms with Crippen molar-refractivity contribution >= 4 is 40.2 Å². The summed E-state index contributed by atoms with van der Waals surface area (Å²) < 4.78 is 5.31. The lowest BCUT2D eigenvalue weighted by Gasteiger charge is -2.28. The Kier molecular flexibility index (Phi) is 5.43. The van der Waals surface area contributed by atoms with E-state index in [-0.39, 0.29) is 41.4 Å². The fourth-order valence-electron chi connectivity index (χ4n) is 6.12. The van der Waals surface area contributed by atoms with Crippen LogP contribution in [0.2, 0.25) is 0 Å². The number of rotatable bonds is 6. The van der Waals surface area contributed by atoms with Gasteiger partial charge >= 0.3 is 5.97 Å². The van der Waals surface area contributed by atoms with Crippen LogP contribution in [-0.4, -0.2) is 41.2 Å². The Balaban J connectivity index is 1.26. The highest BCUT2D eigenvalue weighted by Crippen LogP contribution is 2.56. The summed E-state index contributed by atoms with van der Waals surface area (Å²) in [4.78, 5) is 53.0. The maximum absolute atomic E-state index is 13.2. The molecule has 5 rings (SSSR count). The van der Waals surface area contributed by atoms with E-state index < -0.39 is 24.5 Å². The number of nitrogens with one attached hydrogen (secondary N) is 1. The number of nitrogens with zero attached hydrogens (tertiary/aromatic N) is 1. The van der Waals surface area contributed by atoms with Crippen molar-refractivity contribution in [1.29, 1.82) is 0 Å². The molecular weight excluding hydrogens is 420 g/mol. The summed E-state index contributed by atoms with van der Waals surface area (Å²) in [6.45, 7) is 3.08. The average Bonchev–Trinajstić information content (AvgIpc) is 3.48. The van der Waals surface area contributed by atoms with Gasteiger partial charge in [-0.2, -0.15) is 0 Å². The Hall–Kier alpha value is -3.22. The summed E-state index contributed by atoms with van der Waals surface area (Å²) in [6.07, 6.45) is 2.89. The molecule has 0 unspecified atom stereocenters. The van der Waals surface area contributed by atoms with Gasteiger partial charge in [0.15, 0.2) is 6.61 Å². The molecule has 0 radical (unpaired) electrons. The SMILES string of the molecule is CC(C)[C@H](C(=O)OCC(=O)Nc1cccc2ccccc12)N1C(=O)[C@@H]2[C@H]3CC[C@@H](C3)[C@H]2C1=O. The van der Waals surface area contributed by atoms with Crippen LogP contribution in [0.25, 0.3) is 10.8 Å². The maximum atomic E-state index is 13.2. The molecule has 3 amide bonds. The lowest BCUT2D eigenvalue weighted by molar-refractivity contribution is -0.162. The van der Waals surface area contributed by atoms with Gasteiger partial charge in [0.25, 0.3) is 5.91 Å². The number of anilines is 1. The summed E-state index contributed by atoms with van der Waals surface area (Å²) in [5.41, 5.74) is 0.628. The van der Waals surface area contributed by atoms with Crippen molar-refractivity contribution in [3.8, 4) is 0 Å².